The number of carbonyl (C=O) groups is 2. The van der Waals surface area contributed by atoms with E-state index in [1.165, 1.54) is 18.1 Å². The molecule has 206 valence electrons. The molecule has 0 aromatic heterocycles. The van der Waals surface area contributed by atoms with Crippen molar-refractivity contribution < 1.29 is 23.6 Å². The summed E-state index contributed by atoms with van der Waals surface area (Å²) >= 11 is 0. The molecule has 1 saturated heterocycles. The quantitative estimate of drug-likeness (QED) is 0.240. The Hall–Kier alpha value is -3.55. The summed E-state index contributed by atoms with van der Waals surface area (Å²) in [6.07, 6.45) is 1.29. The van der Waals surface area contributed by atoms with Gasteiger partial charge in [0.1, 0.15) is 12.4 Å². The molecule has 0 spiro atoms. The third-order valence-electron chi connectivity index (χ3n) is 7.43. The van der Waals surface area contributed by atoms with Gasteiger partial charge in [-0.15, -0.1) is 0 Å². The topological polar surface area (TPSA) is 59.1 Å². The van der Waals surface area contributed by atoms with Crippen LogP contribution in [-0.2, 0) is 32.2 Å². The molecule has 0 bridgehead atoms. The van der Waals surface area contributed by atoms with Gasteiger partial charge in [0.25, 0.3) is 0 Å². The Morgan fingerprint density at radius 1 is 0.949 bits per heavy atom. The number of halogens is 1. The molecule has 1 atom stereocenters. The van der Waals surface area contributed by atoms with E-state index in [9.17, 15) is 14.0 Å². The highest BCUT2D eigenvalue weighted by Gasteiger charge is 2.50. The standard InChI is InChI=1S/C32H37FN2O4/c1-25(28-13-7-4-8-14-28)23-38-31(37)32(35(26(2)36)39-24-27-11-5-3-6-12-27)18-21-34(22-19-32)20-17-29-15-9-10-16-30(29)33/h3-16,25H,17-24H2,1-2H3. The number of rotatable bonds is 11. The summed E-state index contributed by atoms with van der Waals surface area (Å²) in [5, 5.41) is 1.24. The van der Waals surface area contributed by atoms with E-state index in [1.54, 1.807) is 12.1 Å². The molecule has 1 aliphatic heterocycles. The fourth-order valence-corrected chi connectivity index (χ4v) is 5.06. The zero-order chi connectivity index (χ0) is 27.7. The van der Waals surface area contributed by atoms with Crippen LogP contribution in [0.3, 0.4) is 0 Å². The number of ether oxygens (including phenoxy) is 1. The predicted octanol–water partition coefficient (Wildman–Crippen LogP) is 5.53. The van der Waals surface area contributed by atoms with Crippen LogP contribution >= 0.6 is 0 Å². The van der Waals surface area contributed by atoms with E-state index in [0.717, 1.165) is 11.1 Å². The maximum Gasteiger partial charge on any atom is 0.334 e. The van der Waals surface area contributed by atoms with Crippen LogP contribution in [0.1, 0.15) is 49.3 Å². The number of amides is 1. The first kappa shape index (κ1) is 28.5. The van der Waals surface area contributed by atoms with Crippen LogP contribution in [0.4, 0.5) is 4.39 Å². The number of esters is 1. The fourth-order valence-electron chi connectivity index (χ4n) is 5.06. The van der Waals surface area contributed by atoms with Crippen molar-refractivity contribution in [1.29, 1.82) is 0 Å². The van der Waals surface area contributed by atoms with Crippen molar-refractivity contribution >= 4 is 11.9 Å². The number of likely N-dealkylation sites (tertiary alicyclic amines) is 1. The Morgan fingerprint density at radius 2 is 1.56 bits per heavy atom. The van der Waals surface area contributed by atoms with Crippen LogP contribution in [0.25, 0.3) is 0 Å². The molecule has 0 radical (unpaired) electrons. The Bertz CT molecular complexity index is 1210. The summed E-state index contributed by atoms with van der Waals surface area (Å²) in [5.74, 6) is -1.01. The van der Waals surface area contributed by atoms with E-state index in [1.807, 2.05) is 73.7 Å². The maximum absolute atomic E-state index is 14.1. The molecule has 7 heteroatoms. The minimum Gasteiger partial charge on any atom is -0.463 e. The van der Waals surface area contributed by atoms with Crippen molar-refractivity contribution in [3.05, 3.63) is 107 Å². The number of carbonyl (C=O) groups excluding carboxylic acids is 2. The minimum atomic E-state index is -1.24. The largest absolute Gasteiger partial charge is 0.463 e. The average molecular weight is 533 g/mol. The van der Waals surface area contributed by atoms with Crippen LogP contribution in [0.15, 0.2) is 84.9 Å². The second-order valence-electron chi connectivity index (χ2n) is 10.2. The van der Waals surface area contributed by atoms with Crippen molar-refractivity contribution in [2.75, 3.05) is 26.2 Å². The minimum absolute atomic E-state index is 0.00377. The van der Waals surface area contributed by atoms with Crippen molar-refractivity contribution in [3.63, 3.8) is 0 Å². The molecule has 1 fully saturated rings. The highest BCUT2D eigenvalue weighted by Crippen LogP contribution is 2.33. The number of benzene rings is 3. The molecular formula is C32H37FN2O4. The lowest BCUT2D eigenvalue weighted by Crippen LogP contribution is -2.62. The second-order valence-corrected chi connectivity index (χ2v) is 10.2. The van der Waals surface area contributed by atoms with Gasteiger partial charge in [-0.3, -0.25) is 9.63 Å². The summed E-state index contributed by atoms with van der Waals surface area (Å²) in [4.78, 5) is 34.9. The van der Waals surface area contributed by atoms with E-state index in [4.69, 9.17) is 9.57 Å². The first-order valence-corrected chi connectivity index (χ1v) is 13.5. The maximum atomic E-state index is 14.1. The molecule has 3 aromatic rings. The Morgan fingerprint density at radius 3 is 2.21 bits per heavy atom. The van der Waals surface area contributed by atoms with E-state index >= 15 is 0 Å². The monoisotopic (exact) mass is 532 g/mol. The second kappa shape index (κ2) is 13.5. The Labute approximate surface area is 230 Å². The zero-order valence-corrected chi connectivity index (χ0v) is 22.7. The van der Waals surface area contributed by atoms with Crippen LogP contribution in [0.2, 0.25) is 0 Å². The molecule has 0 N–H and O–H groups in total. The van der Waals surface area contributed by atoms with Gasteiger partial charge in [-0.1, -0.05) is 85.8 Å². The van der Waals surface area contributed by atoms with Gasteiger partial charge >= 0.3 is 5.97 Å². The Balaban J connectivity index is 1.48. The van der Waals surface area contributed by atoms with Crippen LogP contribution in [-0.4, -0.2) is 53.6 Å². The van der Waals surface area contributed by atoms with Gasteiger partial charge in [0, 0.05) is 32.5 Å². The number of nitrogens with zero attached hydrogens (tertiary/aromatic N) is 2. The average Bonchev–Trinajstić information content (AvgIpc) is 2.97. The molecule has 1 heterocycles. The van der Waals surface area contributed by atoms with Crippen LogP contribution in [0.5, 0.6) is 0 Å². The van der Waals surface area contributed by atoms with Gasteiger partial charge in [-0.05, 0) is 42.0 Å². The summed E-state index contributed by atoms with van der Waals surface area (Å²) in [6, 6.07) is 26.2. The van der Waals surface area contributed by atoms with Crippen LogP contribution in [0, 0.1) is 5.82 Å². The van der Waals surface area contributed by atoms with Crippen molar-refractivity contribution in [3.8, 4) is 0 Å². The number of hydrogen-bond acceptors (Lipinski definition) is 5. The van der Waals surface area contributed by atoms with E-state index in [0.29, 0.717) is 44.5 Å². The van der Waals surface area contributed by atoms with Crippen molar-refractivity contribution in [2.24, 2.45) is 0 Å². The molecule has 1 unspecified atom stereocenters. The summed E-state index contributed by atoms with van der Waals surface area (Å²) < 4.78 is 20.0. The molecule has 39 heavy (non-hydrogen) atoms. The number of hydroxylamine groups is 2. The lowest BCUT2D eigenvalue weighted by atomic mass is 9.86. The first-order valence-electron chi connectivity index (χ1n) is 13.5. The predicted molar refractivity (Wildman–Crippen MR) is 148 cm³/mol. The molecule has 0 saturated carbocycles. The normalized spacial score (nSPS) is 15.9. The highest BCUT2D eigenvalue weighted by molar-refractivity contribution is 5.86. The third-order valence-corrected chi connectivity index (χ3v) is 7.43. The summed E-state index contributed by atoms with van der Waals surface area (Å²) in [5.41, 5.74) is 1.39. The molecule has 1 amide bonds. The van der Waals surface area contributed by atoms with Gasteiger partial charge < -0.3 is 9.64 Å². The number of piperidine rings is 1. The molecule has 1 aliphatic rings. The molecule has 6 nitrogen and oxygen atoms in total. The van der Waals surface area contributed by atoms with Crippen molar-refractivity contribution in [1.82, 2.24) is 9.96 Å². The zero-order valence-electron chi connectivity index (χ0n) is 22.7. The van der Waals surface area contributed by atoms with E-state index in [2.05, 4.69) is 4.90 Å². The molecule has 0 aliphatic carbocycles. The van der Waals surface area contributed by atoms with Crippen molar-refractivity contribution in [2.45, 2.75) is 51.2 Å². The lowest BCUT2D eigenvalue weighted by molar-refractivity contribution is -0.241. The highest BCUT2D eigenvalue weighted by atomic mass is 19.1. The number of hydrogen-bond donors (Lipinski definition) is 0. The van der Waals surface area contributed by atoms with Gasteiger partial charge in [-0.25, -0.2) is 14.2 Å². The van der Waals surface area contributed by atoms with Gasteiger partial charge in [-0.2, -0.15) is 0 Å². The lowest BCUT2D eigenvalue weighted by Gasteiger charge is -2.45. The summed E-state index contributed by atoms with van der Waals surface area (Å²) in [6.45, 7) is 5.54. The SMILES string of the molecule is CC(=O)N(OCc1ccccc1)C1(C(=O)OCC(C)c2ccccc2)CCN(CCc2ccccc2F)CC1. The smallest absolute Gasteiger partial charge is 0.334 e. The van der Waals surface area contributed by atoms with E-state index in [-0.39, 0.29) is 30.9 Å². The van der Waals surface area contributed by atoms with Gasteiger partial charge in [0.05, 0.1) is 6.61 Å². The molecular weight excluding hydrogens is 495 g/mol. The third kappa shape index (κ3) is 7.31. The van der Waals surface area contributed by atoms with Gasteiger partial charge in [0.15, 0.2) is 5.54 Å². The summed E-state index contributed by atoms with van der Waals surface area (Å²) in [7, 11) is 0. The Kier molecular flexibility index (Phi) is 9.85. The van der Waals surface area contributed by atoms with Crippen LogP contribution < -0.4 is 0 Å². The molecule has 3 aromatic carbocycles. The first-order chi connectivity index (χ1) is 18.9. The fraction of sp³-hybridized carbons (Fsp3) is 0.375. The van der Waals surface area contributed by atoms with E-state index < -0.39 is 11.5 Å². The molecule has 4 rings (SSSR count). The van der Waals surface area contributed by atoms with Gasteiger partial charge in [0.2, 0.25) is 5.91 Å².